The van der Waals surface area contributed by atoms with E-state index < -0.39 is 0 Å². The van der Waals surface area contributed by atoms with Crippen LogP contribution in [0.15, 0.2) is 0 Å². The van der Waals surface area contributed by atoms with Gasteiger partial charge in [-0.1, -0.05) is 7.92 Å². The van der Waals surface area contributed by atoms with Gasteiger partial charge in [-0.25, -0.2) is 0 Å². The quantitative estimate of drug-likeness (QED) is 0.654. The van der Waals surface area contributed by atoms with Crippen molar-refractivity contribution in [3.05, 3.63) is 0 Å². The van der Waals surface area contributed by atoms with Gasteiger partial charge in [0.25, 0.3) is 0 Å². The summed E-state index contributed by atoms with van der Waals surface area (Å²) >= 11 is 0. The molecule has 3 aliphatic rings. The summed E-state index contributed by atoms with van der Waals surface area (Å²) in [7, 11) is -0.0181. The Morgan fingerprint density at radius 1 is 0.500 bits per heavy atom. The number of ether oxygens (including phenoxy) is 3. The van der Waals surface area contributed by atoms with Crippen molar-refractivity contribution in [1.82, 2.24) is 14.7 Å². The van der Waals surface area contributed by atoms with Crippen molar-refractivity contribution < 1.29 is 14.2 Å². The Hall–Kier alpha value is 0.190. The summed E-state index contributed by atoms with van der Waals surface area (Å²) in [5.74, 6) is 0. The van der Waals surface area contributed by atoms with Crippen molar-refractivity contribution in [3.63, 3.8) is 0 Å². The smallest absolute Gasteiger partial charge is 0.0594 e. The van der Waals surface area contributed by atoms with Gasteiger partial charge in [0.1, 0.15) is 0 Å². The lowest BCUT2D eigenvalue weighted by Gasteiger charge is -2.38. The van der Waals surface area contributed by atoms with E-state index in [1.165, 1.54) is 18.9 Å². The standard InChI is InChI=1S/C15H30N3O3P/c1-7-19-8-2-16(1)13-22(14-17-3-9-20-10-4-17)15-18-5-11-21-12-6-18/h1-15H2. The average Bonchev–Trinajstić information content (AvgIpc) is 2.57. The fourth-order valence-electron chi connectivity index (χ4n) is 3.21. The first-order valence-corrected chi connectivity index (χ1v) is 10.4. The minimum Gasteiger partial charge on any atom is -0.379 e. The van der Waals surface area contributed by atoms with E-state index in [1.54, 1.807) is 0 Å². The number of morpholine rings is 3. The van der Waals surface area contributed by atoms with Crippen LogP contribution in [0.3, 0.4) is 0 Å². The van der Waals surface area contributed by atoms with Gasteiger partial charge in [-0.05, 0) is 0 Å². The lowest BCUT2D eigenvalue weighted by molar-refractivity contribution is 0.0397. The molecule has 6 nitrogen and oxygen atoms in total. The average molecular weight is 331 g/mol. The molecule has 7 heteroatoms. The zero-order valence-corrected chi connectivity index (χ0v) is 14.5. The van der Waals surface area contributed by atoms with Crippen LogP contribution in [-0.4, -0.2) is 112 Å². The molecule has 3 saturated heterocycles. The van der Waals surface area contributed by atoms with Crippen LogP contribution in [0.4, 0.5) is 0 Å². The summed E-state index contributed by atoms with van der Waals surface area (Å²) in [6.07, 6.45) is 3.77. The van der Waals surface area contributed by atoms with Crippen molar-refractivity contribution in [1.29, 1.82) is 0 Å². The Balaban J connectivity index is 1.50. The monoisotopic (exact) mass is 331 g/mol. The molecule has 22 heavy (non-hydrogen) atoms. The summed E-state index contributed by atoms with van der Waals surface area (Å²) in [5.41, 5.74) is 0. The number of rotatable bonds is 6. The maximum absolute atomic E-state index is 5.49. The largest absolute Gasteiger partial charge is 0.379 e. The highest BCUT2D eigenvalue weighted by Gasteiger charge is 2.23. The minimum atomic E-state index is -0.0181. The van der Waals surface area contributed by atoms with E-state index in [0.29, 0.717) is 0 Å². The third-order valence-electron chi connectivity index (χ3n) is 4.51. The zero-order valence-electron chi connectivity index (χ0n) is 13.6. The van der Waals surface area contributed by atoms with Crippen LogP contribution in [0.1, 0.15) is 0 Å². The minimum absolute atomic E-state index is 0.0181. The summed E-state index contributed by atoms with van der Waals surface area (Å²) in [4.78, 5) is 7.82. The van der Waals surface area contributed by atoms with Gasteiger partial charge in [0.05, 0.1) is 39.6 Å². The summed E-state index contributed by atoms with van der Waals surface area (Å²) in [6, 6.07) is 0. The normalized spacial score (nSPS) is 26.6. The Morgan fingerprint density at radius 2 is 0.773 bits per heavy atom. The molecule has 0 unspecified atom stereocenters. The molecule has 0 aromatic heterocycles. The van der Waals surface area contributed by atoms with Gasteiger partial charge >= 0.3 is 0 Å². The molecule has 0 aliphatic carbocycles. The van der Waals surface area contributed by atoms with Gasteiger partial charge in [-0.15, -0.1) is 0 Å². The Bertz CT molecular complexity index is 259. The molecular formula is C15H30N3O3P. The Morgan fingerprint density at radius 3 is 1.05 bits per heavy atom. The van der Waals surface area contributed by atoms with Crippen LogP contribution in [0.5, 0.6) is 0 Å². The Kier molecular flexibility index (Phi) is 7.34. The predicted molar refractivity (Wildman–Crippen MR) is 88.7 cm³/mol. The highest BCUT2D eigenvalue weighted by molar-refractivity contribution is 7.57. The van der Waals surface area contributed by atoms with E-state index in [-0.39, 0.29) is 7.92 Å². The molecule has 0 spiro atoms. The Labute approximate surface area is 135 Å². The highest BCUT2D eigenvalue weighted by Crippen LogP contribution is 2.38. The maximum Gasteiger partial charge on any atom is 0.0594 e. The van der Waals surface area contributed by atoms with E-state index in [4.69, 9.17) is 14.2 Å². The van der Waals surface area contributed by atoms with E-state index in [1.807, 2.05) is 0 Å². The van der Waals surface area contributed by atoms with Gasteiger partial charge in [-0.2, -0.15) is 0 Å². The molecule has 3 rings (SSSR count). The lowest BCUT2D eigenvalue weighted by atomic mass is 10.5. The van der Waals surface area contributed by atoms with Crippen LogP contribution in [0.25, 0.3) is 0 Å². The maximum atomic E-state index is 5.49. The molecule has 3 heterocycles. The van der Waals surface area contributed by atoms with Crippen LogP contribution in [-0.2, 0) is 14.2 Å². The molecule has 0 bridgehead atoms. The lowest BCUT2D eigenvalue weighted by Crippen LogP contribution is -2.42. The van der Waals surface area contributed by atoms with Gasteiger partial charge in [-0.3, -0.25) is 14.7 Å². The molecule has 0 aromatic carbocycles. The fraction of sp³-hybridized carbons (Fsp3) is 1.00. The summed E-state index contributed by atoms with van der Waals surface area (Å²) in [5, 5.41) is 0. The SMILES string of the molecule is C1CN(CP(CN2CCOCC2)CN2CCOCC2)CCO1. The molecule has 3 aliphatic heterocycles. The molecule has 0 aromatic rings. The van der Waals surface area contributed by atoms with Gasteiger partial charge < -0.3 is 14.2 Å². The first-order valence-electron chi connectivity index (χ1n) is 8.53. The van der Waals surface area contributed by atoms with Gasteiger partial charge in [0.2, 0.25) is 0 Å². The first-order chi connectivity index (χ1) is 10.9. The van der Waals surface area contributed by atoms with Crippen molar-refractivity contribution in [2.75, 3.05) is 97.8 Å². The van der Waals surface area contributed by atoms with E-state index in [9.17, 15) is 0 Å². The molecular weight excluding hydrogens is 301 g/mol. The third kappa shape index (κ3) is 5.68. The highest BCUT2D eigenvalue weighted by atomic mass is 31.1. The molecule has 128 valence electrons. The van der Waals surface area contributed by atoms with Crippen molar-refractivity contribution in [2.45, 2.75) is 0 Å². The third-order valence-corrected chi connectivity index (χ3v) is 6.91. The van der Waals surface area contributed by atoms with Crippen molar-refractivity contribution in [2.24, 2.45) is 0 Å². The fourth-order valence-corrected chi connectivity index (χ4v) is 6.02. The van der Waals surface area contributed by atoms with Crippen molar-refractivity contribution in [3.8, 4) is 0 Å². The number of hydrogen-bond donors (Lipinski definition) is 0. The van der Waals surface area contributed by atoms with Gasteiger partial charge in [0.15, 0.2) is 0 Å². The van der Waals surface area contributed by atoms with E-state index in [2.05, 4.69) is 14.7 Å². The topological polar surface area (TPSA) is 37.4 Å². The molecule has 0 radical (unpaired) electrons. The van der Waals surface area contributed by atoms with Crippen molar-refractivity contribution >= 4 is 7.92 Å². The summed E-state index contributed by atoms with van der Waals surface area (Å²) < 4.78 is 16.5. The van der Waals surface area contributed by atoms with E-state index in [0.717, 1.165) is 78.9 Å². The number of nitrogens with zero attached hydrogens (tertiary/aromatic N) is 3. The van der Waals surface area contributed by atoms with Crippen LogP contribution >= 0.6 is 7.92 Å². The first kappa shape index (κ1) is 17.0. The second kappa shape index (κ2) is 9.48. The van der Waals surface area contributed by atoms with Crippen LogP contribution in [0.2, 0.25) is 0 Å². The molecule has 0 atom stereocenters. The van der Waals surface area contributed by atoms with Crippen LogP contribution in [0, 0.1) is 0 Å². The van der Waals surface area contributed by atoms with Gasteiger partial charge in [0, 0.05) is 58.1 Å². The molecule has 0 N–H and O–H groups in total. The molecule has 3 fully saturated rings. The second-order valence-electron chi connectivity index (χ2n) is 6.29. The zero-order chi connectivity index (χ0) is 15.0. The van der Waals surface area contributed by atoms with Crippen LogP contribution < -0.4 is 0 Å². The number of hydrogen-bond acceptors (Lipinski definition) is 6. The second-order valence-corrected chi connectivity index (χ2v) is 8.48. The molecule has 0 saturated carbocycles. The predicted octanol–water partition coefficient (Wildman–Crippen LogP) is 0.337. The van der Waals surface area contributed by atoms with E-state index >= 15 is 0 Å². The molecule has 0 amide bonds. The summed E-state index contributed by atoms with van der Waals surface area (Å²) in [6.45, 7) is 12.0.